The Morgan fingerprint density at radius 2 is 1.71 bits per heavy atom. The monoisotopic (exact) mass is 400 g/mol. The van der Waals surface area contributed by atoms with E-state index >= 15 is 0 Å². The molecular weight excluding hydrogens is 380 g/mol. The summed E-state index contributed by atoms with van der Waals surface area (Å²) in [7, 11) is -3.41. The highest BCUT2D eigenvalue weighted by Crippen LogP contribution is 2.17. The van der Waals surface area contributed by atoms with E-state index in [4.69, 9.17) is 9.15 Å². The molecule has 28 heavy (non-hydrogen) atoms. The minimum Gasteiger partial charge on any atom is -0.486 e. The van der Waals surface area contributed by atoms with Crippen LogP contribution < -0.4 is 14.8 Å². The number of sulfonamides is 1. The smallest absolute Gasteiger partial charge is 0.287 e. The molecule has 0 saturated heterocycles. The van der Waals surface area contributed by atoms with Gasteiger partial charge in [-0.3, -0.25) is 9.52 Å². The van der Waals surface area contributed by atoms with Gasteiger partial charge in [-0.2, -0.15) is 0 Å². The number of ether oxygens (including phenoxy) is 1. The van der Waals surface area contributed by atoms with Gasteiger partial charge < -0.3 is 14.5 Å². The fourth-order valence-electron chi connectivity index (χ4n) is 2.49. The predicted molar refractivity (Wildman–Crippen MR) is 106 cm³/mol. The Morgan fingerprint density at radius 3 is 2.46 bits per heavy atom. The Kier molecular flexibility index (Phi) is 6.00. The maximum atomic E-state index is 12.3. The highest BCUT2D eigenvalue weighted by molar-refractivity contribution is 7.92. The van der Waals surface area contributed by atoms with Crippen LogP contribution in [0.15, 0.2) is 71.1 Å². The molecule has 0 spiro atoms. The largest absolute Gasteiger partial charge is 0.486 e. The molecule has 2 aromatic carbocycles. The molecule has 0 radical (unpaired) electrons. The lowest BCUT2D eigenvalue weighted by atomic mass is 10.2. The number of carbonyl (C=O) groups is 1. The molecule has 0 unspecified atom stereocenters. The summed E-state index contributed by atoms with van der Waals surface area (Å²) in [5.74, 6) is 0.980. The summed E-state index contributed by atoms with van der Waals surface area (Å²) in [4.78, 5) is 12.3. The van der Waals surface area contributed by atoms with Crippen molar-refractivity contribution < 1.29 is 22.4 Å². The first kappa shape index (κ1) is 19.5. The molecular formula is C20H20N2O5S. The zero-order valence-corrected chi connectivity index (χ0v) is 16.0. The van der Waals surface area contributed by atoms with Crippen LogP contribution in [-0.2, 0) is 23.2 Å². The number of anilines is 1. The average molecular weight is 400 g/mol. The number of para-hydroxylation sites is 2. The van der Waals surface area contributed by atoms with E-state index < -0.39 is 15.9 Å². The molecule has 0 aliphatic carbocycles. The fraction of sp³-hybridized carbons (Fsp3) is 0.150. The Labute approximate surface area is 163 Å². The molecule has 0 atom stereocenters. The van der Waals surface area contributed by atoms with E-state index in [-0.39, 0.29) is 18.9 Å². The first-order chi connectivity index (χ1) is 13.4. The molecule has 1 aromatic heterocycles. The van der Waals surface area contributed by atoms with Crippen molar-refractivity contribution in [3.05, 3.63) is 83.8 Å². The number of rotatable bonds is 8. The number of hydrogen-bond acceptors (Lipinski definition) is 5. The van der Waals surface area contributed by atoms with E-state index in [0.29, 0.717) is 22.8 Å². The average Bonchev–Trinajstić information content (AvgIpc) is 3.14. The molecule has 0 bridgehead atoms. The molecule has 3 aromatic rings. The van der Waals surface area contributed by atoms with Gasteiger partial charge in [-0.15, -0.1) is 0 Å². The molecule has 0 fully saturated rings. The van der Waals surface area contributed by atoms with Gasteiger partial charge in [0.1, 0.15) is 18.1 Å². The van der Waals surface area contributed by atoms with Crippen LogP contribution in [0.2, 0.25) is 0 Å². The van der Waals surface area contributed by atoms with Crippen molar-refractivity contribution in [3.63, 3.8) is 0 Å². The van der Waals surface area contributed by atoms with Crippen LogP contribution in [0, 0.1) is 0 Å². The van der Waals surface area contributed by atoms with Gasteiger partial charge in [0.2, 0.25) is 10.0 Å². The second kappa shape index (κ2) is 8.62. The zero-order chi connectivity index (χ0) is 20.0. The van der Waals surface area contributed by atoms with Gasteiger partial charge in [0, 0.05) is 6.54 Å². The Morgan fingerprint density at radius 1 is 1.00 bits per heavy atom. The highest BCUT2D eigenvalue weighted by Gasteiger charge is 2.13. The summed E-state index contributed by atoms with van der Waals surface area (Å²) >= 11 is 0. The van der Waals surface area contributed by atoms with Crippen LogP contribution in [-0.4, -0.2) is 20.6 Å². The molecule has 0 aliphatic heterocycles. The second-order valence-electron chi connectivity index (χ2n) is 6.08. The van der Waals surface area contributed by atoms with Gasteiger partial charge in [-0.1, -0.05) is 36.4 Å². The topological polar surface area (TPSA) is 97.6 Å². The predicted octanol–water partition coefficient (Wildman–Crippen LogP) is 3.16. The number of furan rings is 1. The molecule has 0 aliphatic rings. The normalized spacial score (nSPS) is 11.0. The lowest BCUT2D eigenvalue weighted by Gasteiger charge is -2.11. The summed E-state index contributed by atoms with van der Waals surface area (Å²) in [5, 5.41) is 2.72. The van der Waals surface area contributed by atoms with Crippen LogP contribution in [0.25, 0.3) is 0 Å². The molecule has 3 rings (SSSR count). The minimum absolute atomic E-state index is 0.147. The molecule has 0 saturated carbocycles. The van der Waals surface area contributed by atoms with Crippen LogP contribution in [0.5, 0.6) is 5.75 Å². The third-order valence-electron chi connectivity index (χ3n) is 3.76. The van der Waals surface area contributed by atoms with E-state index in [0.717, 1.165) is 6.26 Å². The van der Waals surface area contributed by atoms with Gasteiger partial charge in [-0.25, -0.2) is 8.42 Å². The standard InChI is InChI=1S/C20H20N2O5S/c1-28(24,25)22-18-10-6-5-7-15(18)13-21-20(23)19-12-11-17(27-19)14-26-16-8-3-2-4-9-16/h2-12,22H,13-14H2,1H3,(H,21,23). The van der Waals surface area contributed by atoms with Crippen molar-refractivity contribution in [1.82, 2.24) is 5.32 Å². The lowest BCUT2D eigenvalue weighted by Crippen LogP contribution is -2.23. The number of hydrogen-bond donors (Lipinski definition) is 2. The van der Waals surface area contributed by atoms with Crippen molar-refractivity contribution in [2.75, 3.05) is 11.0 Å². The van der Waals surface area contributed by atoms with E-state index in [1.807, 2.05) is 30.3 Å². The fourth-order valence-corrected chi connectivity index (χ4v) is 3.08. The van der Waals surface area contributed by atoms with Crippen molar-refractivity contribution in [1.29, 1.82) is 0 Å². The van der Waals surface area contributed by atoms with Crippen LogP contribution in [0.1, 0.15) is 21.9 Å². The number of carbonyl (C=O) groups excluding carboxylic acids is 1. The molecule has 7 nitrogen and oxygen atoms in total. The second-order valence-corrected chi connectivity index (χ2v) is 7.83. The summed E-state index contributed by atoms with van der Waals surface area (Å²) in [6, 6.07) is 19.4. The quantitative estimate of drug-likeness (QED) is 0.605. The van der Waals surface area contributed by atoms with E-state index in [1.54, 1.807) is 36.4 Å². The molecule has 2 N–H and O–H groups in total. The number of nitrogens with one attached hydrogen (secondary N) is 2. The van der Waals surface area contributed by atoms with Crippen molar-refractivity contribution in [3.8, 4) is 5.75 Å². The van der Waals surface area contributed by atoms with Gasteiger partial charge in [-0.05, 0) is 35.9 Å². The zero-order valence-electron chi connectivity index (χ0n) is 15.2. The van der Waals surface area contributed by atoms with Gasteiger partial charge in [0.25, 0.3) is 5.91 Å². The summed E-state index contributed by atoms with van der Waals surface area (Å²) < 4.78 is 36.4. The van der Waals surface area contributed by atoms with E-state index in [9.17, 15) is 13.2 Å². The van der Waals surface area contributed by atoms with Gasteiger partial charge in [0.05, 0.1) is 11.9 Å². The number of benzene rings is 2. The van der Waals surface area contributed by atoms with Gasteiger partial charge in [0.15, 0.2) is 5.76 Å². The lowest BCUT2D eigenvalue weighted by molar-refractivity contribution is 0.0919. The summed E-state index contributed by atoms with van der Waals surface area (Å²) in [6.45, 7) is 0.354. The van der Waals surface area contributed by atoms with Crippen molar-refractivity contribution in [2.24, 2.45) is 0 Å². The maximum Gasteiger partial charge on any atom is 0.287 e. The van der Waals surface area contributed by atoms with Crippen LogP contribution >= 0.6 is 0 Å². The Balaban J connectivity index is 1.58. The van der Waals surface area contributed by atoms with Crippen LogP contribution in [0.3, 0.4) is 0 Å². The first-order valence-corrected chi connectivity index (χ1v) is 10.4. The van der Waals surface area contributed by atoms with Gasteiger partial charge >= 0.3 is 0 Å². The number of amides is 1. The molecule has 1 heterocycles. The minimum atomic E-state index is -3.41. The third kappa shape index (κ3) is 5.62. The highest BCUT2D eigenvalue weighted by atomic mass is 32.2. The van der Waals surface area contributed by atoms with Crippen molar-refractivity contribution in [2.45, 2.75) is 13.2 Å². The first-order valence-electron chi connectivity index (χ1n) is 8.51. The molecule has 1 amide bonds. The maximum absolute atomic E-state index is 12.3. The SMILES string of the molecule is CS(=O)(=O)Nc1ccccc1CNC(=O)c1ccc(COc2ccccc2)o1. The van der Waals surface area contributed by atoms with Crippen LogP contribution in [0.4, 0.5) is 5.69 Å². The molecule has 146 valence electrons. The van der Waals surface area contributed by atoms with E-state index in [2.05, 4.69) is 10.0 Å². The summed E-state index contributed by atoms with van der Waals surface area (Å²) in [5.41, 5.74) is 1.06. The Hall–Kier alpha value is -3.26. The van der Waals surface area contributed by atoms with E-state index in [1.165, 1.54) is 0 Å². The third-order valence-corrected chi connectivity index (χ3v) is 4.35. The van der Waals surface area contributed by atoms with Crippen molar-refractivity contribution >= 4 is 21.6 Å². The molecule has 8 heteroatoms. The Bertz CT molecular complexity index is 1050. The summed E-state index contributed by atoms with van der Waals surface area (Å²) in [6.07, 6.45) is 1.07.